The van der Waals surface area contributed by atoms with Gasteiger partial charge in [-0.3, -0.25) is 4.68 Å². The summed E-state index contributed by atoms with van der Waals surface area (Å²) in [6.45, 7) is 0.285. The highest BCUT2D eigenvalue weighted by Crippen LogP contribution is 2.19. The highest BCUT2D eigenvalue weighted by molar-refractivity contribution is 7.89. The van der Waals surface area contributed by atoms with E-state index in [4.69, 9.17) is 22.1 Å². The van der Waals surface area contributed by atoms with Crippen LogP contribution in [0.1, 0.15) is 0 Å². The molecule has 0 aliphatic carbocycles. The Labute approximate surface area is 127 Å². The van der Waals surface area contributed by atoms with Gasteiger partial charge in [0.2, 0.25) is 0 Å². The van der Waals surface area contributed by atoms with E-state index in [1.54, 1.807) is 24.3 Å². The molecule has 114 valence electrons. The van der Waals surface area contributed by atoms with E-state index in [0.29, 0.717) is 11.4 Å². The summed E-state index contributed by atoms with van der Waals surface area (Å²) in [6.07, 6.45) is 1.28. The topological polar surface area (TPSA) is 99.2 Å². The second-order valence-corrected chi connectivity index (χ2v) is 6.33. The van der Waals surface area contributed by atoms with E-state index in [1.807, 2.05) is 0 Å². The molecule has 0 aliphatic heterocycles. The first kappa shape index (κ1) is 15.6. The number of nitrogens with one attached hydrogen (secondary N) is 1. The van der Waals surface area contributed by atoms with Crippen molar-refractivity contribution in [1.82, 2.24) is 14.5 Å². The lowest BCUT2D eigenvalue weighted by atomic mass is 10.3. The van der Waals surface area contributed by atoms with Crippen molar-refractivity contribution in [3.05, 3.63) is 35.5 Å². The minimum atomic E-state index is -3.72. The van der Waals surface area contributed by atoms with E-state index >= 15 is 0 Å². The van der Waals surface area contributed by atoms with Crippen LogP contribution in [-0.2, 0) is 17.1 Å². The van der Waals surface area contributed by atoms with E-state index in [-0.39, 0.29) is 23.2 Å². The third kappa shape index (κ3) is 3.87. The van der Waals surface area contributed by atoms with Crippen molar-refractivity contribution >= 4 is 27.3 Å². The molecule has 0 radical (unpaired) electrons. The molecule has 1 heterocycles. The molecule has 0 saturated carbocycles. The van der Waals surface area contributed by atoms with E-state index < -0.39 is 10.0 Å². The fraction of sp³-hybridized carbons (Fsp3) is 0.250. The predicted molar refractivity (Wildman–Crippen MR) is 79.8 cm³/mol. The first-order valence-corrected chi connectivity index (χ1v) is 7.92. The first-order valence-electron chi connectivity index (χ1n) is 6.05. The Morgan fingerprint density at radius 3 is 2.62 bits per heavy atom. The molecule has 0 aliphatic rings. The summed E-state index contributed by atoms with van der Waals surface area (Å²) in [5.41, 5.74) is 6.19. The summed E-state index contributed by atoms with van der Waals surface area (Å²) in [5, 5.41) is 3.79. The minimum Gasteiger partial charge on any atom is -0.492 e. The van der Waals surface area contributed by atoms with Crippen molar-refractivity contribution in [3.8, 4) is 5.75 Å². The standard InChI is InChI=1S/C12H15ClN4O3S/c1-17-12(11(13)8-15-17)21(18,19)16-6-7-20-10-4-2-9(14)3-5-10/h2-5,8,16H,6-7,14H2,1H3. The average Bonchev–Trinajstić information content (AvgIpc) is 2.77. The van der Waals surface area contributed by atoms with Crippen LogP contribution in [0.25, 0.3) is 0 Å². The van der Waals surface area contributed by atoms with Crippen molar-refractivity contribution in [2.45, 2.75) is 5.03 Å². The van der Waals surface area contributed by atoms with Gasteiger partial charge in [0, 0.05) is 19.3 Å². The lowest BCUT2D eigenvalue weighted by molar-refractivity contribution is 0.322. The van der Waals surface area contributed by atoms with E-state index in [9.17, 15) is 8.42 Å². The average molecular weight is 331 g/mol. The van der Waals surface area contributed by atoms with Gasteiger partial charge in [0.05, 0.1) is 11.2 Å². The number of aromatic nitrogens is 2. The molecular formula is C12H15ClN4O3S. The van der Waals surface area contributed by atoms with Gasteiger partial charge in [-0.1, -0.05) is 11.6 Å². The Morgan fingerprint density at radius 1 is 1.38 bits per heavy atom. The van der Waals surface area contributed by atoms with Crippen molar-refractivity contribution in [1.29, 1.82) is 0 Å². The van der Waals surface area contributed by atoms with Gasteiger partial charge in [0.1, 0.15) is 12.4 Å². The van der Waals surface area contributed by atoms with Crippen LogP contribution in [0.5, 0.6) is 5.75 Å². The van der Waals surface area contributed by atoms with Crippen LogP contribution in [-0.4, -0.2) is 31.3 Å². The van der Waals surface area contributed by atoms with Gasteiger partial charge in [-0.25, -0.2) is 13.1 Å². The number of rotatable bonds is 6. The quantitative estimate of drug-likeness (QED) is 0.608. The van der Waals surface area contributed by atoms with E-state index in [2.05, 4.69) is 9.82 Å². The molecule has 0 saturated heterocycles. The molecule has 0 atom stereocenters. The summed E-state index contributed by atoms with van der Waals surface area (Å²) in [7, 11) is -2.22. The number of nitrogens with two attached hydrogens (primary N) is 1. The van der Waals surface area contributed by atoms with Crippen LogP contribution >= 0.6 is 11.6 Å². The van der Waals surface area contributed by atoms with Crippen LogP contribution in [0.3, 0.4) is 0 Å². The molecule has 9 heteroatoms. The highest BCUT2D eigenvalue weighted by atomic mass is 35.5. The number of ether oxygens (including phenoxy) is 1. The molecular weight excluding hydrogens is 316 g/mol. The number of hydrogen-bond acceptors (Lipinski definition) is 5. The maximum Gasteiger partial charge on any atom is 0.259 e. The molecule has 3 N–H and O–H groups in total. The SMILES string of the molecule is Cn1ncc(Cl)c1S(=O)(=O)NCCOc1ccc(N)cc1. The maximum atomic E-state index is 12.1. The van der Waals surface area contributed by atoms with E-state index in [1.165, 1.54) is 17.9 Å². The van der Waals surface area contributed by atoms with Gasteiger partial charge in [-0.05, 0) is 24.3 Å². The number of aryl methyl sites for hydroxylation is 1. The molecule has 0 spiro atoms. The van der Waals surface area contributed by atoms with Crippen LogP contribution < -0.4 is 15.2 Å². The third-order valence-corrected chi connectivity index (χ3v) is 4.61. The Morgan fingerprint density at radius 2 is 2.05 bits per heavy atom. The molecule has 2 aromatic rings. The molecule has 2 rings (SSSR count). The van der Waals surface area contributed by atoms with E-state index in [0.717, 1.165) is 0 Å². The normalized spacial score (nSPS) is 11.5. The zero-order chi connectivity index (χ0) is 15.5. The van der Waals surface area contributed by atoms with Crippen LogP contribution in [0, 0.1) is 0 Å². The van der Waals surface area contributed by atoms with Crippen molar-refractivity contribution in [2.75, 3.05) is 18.9 Å². The summed E-state index contributed by atoms with van der Waals surface area (Å²) in [6, 6.07) is 6.83. The number of benzene rings is 1. The second kappa shape index (κ2) is 6.33. The first-order chi connectivity index (χ1) is 9.90. The molecule has 0 amide bonds. The van der Waals surface area contributed by atoms with Gasteiger partial charge >= 0.3 is 0 Å². The fourth-order valence-corrected chi connectivity index (χ4v) is 3.34. The van der Waals surface area contributed by atoms with Gasteiger partial charge in [-0.2, -0.15) is 5.10 Å². The maximum absolute atomic E-state index is 12.1. The van der Waals surface area contributed by atoms with Crippen molar-refractivity contribution in [2.24, 2.45) is 7.05 Å². The zero-order valence-electron chi connectivity index (χ0n) is 11.3. The highest BCUT2D eigenvalue weighted by Gasteiger charge is 2.22. The summed E-state index contributed by atoms with van der Waals surface area (Å²) >= 11 is 5.81. The monoisotopic (exact) mass is 330 g/mol. The minimum absolute atomic E-state index is 0.0725. The molecule has 21 heavy (non-hydrogen) atoms. The molecule has 7 nitrogen and oxygen atoms in total. The number of sulfonamides is 1. The van der Waals surface area contributed by atoms with Crippen molar-refractivity contribution < 1.29 is 13.2 Å². The molecule has 1 aromatic heterocycles. The predicted octanol–water partition coefficient (Wildman–Crippen LogP) is 1.01. The smallest absolute Gasteiger partial charge is 0.259 e. The fourth-order valence-electron chi connectivity index (χ4n) is 1.68. The van der Waals surface area contributed by atoms with Crippen LogP contribution in [0.4, 0.5) is 5.69 Å². The summed E-state index contributed by atoms with van der Waals surface area (Å²) in [5.74, 6) is 0.613. The molecule has 0 unspecified atom stereocenters. The molecule has 1 aromatic carbocycles. The lowest BCUT2D eigenvalue weighted by Gasteiger charge is -2.09. The molecule has 0 fully saturated rings. The lowest BCUT2D eigenvalue weighted by Crippen LogP contribution is -2.30. The van der Waals surface area contributed by atoms with Crippen molar-refractivity contribution in [3.63, 3.8) is 0 Å². The Balaban J connectivity index is 1.90. The van der Waals surface area contributed by atoms with Gasteiger partial charge in [-0.15, -0.1) is 0 Å². The second-order valence-electron chi connectivity index (χ2n) is 4.24. The summed E-state index contributed by atoms with van der Waals surface area (Å²) in [4.78, 5) is 0. The van der Waals surface area contributed by atoms with Gasteiger partial charge in [0.25, 0.3) is 10.0 Å². The zero-order valence-corrected chi connectivity index (χ0v) is 12.9. The summed E-state index contributed by atoms with van der Waals surface area (Å²) < 4.78 is 33.1. The number of hydrogen-bond donors (Lipinski definition) is 2. The number of halogens is 1. The Hall–Kier alpha value is -1.77. The molecule has 0 bridgehead atoms. The number of nitrogen functional groups attached to an aromatic ring is 1. The Kier molecular flexibility index (Phi) is 4.71. The van der Waals surface area contributed by atoms with Gasteiger partial charge < -0.3 is 10.5 Å². The third-order valence-electron chi connectivity index (χ3n) is 2.64. The Bertz CT molecular complexity index is 693. The number of anilines is 1. The van der Waals surface area contributed by atoms with Crippen LogP contribution in [0.15, 0.2) is 35.5 Å². The van der Waals surface area contributed by atoms with Gasteiger partial charge in [0.15, 0.2) is 5.03 Å². The number of nitrogens with zero attached hydrogens (tertiary/aromatic N) is 2. The van der Waals surface area contributed by atoms with Crippen LogP contribution in [0.2, 0.25) is 5.02 Å². The largest absolute Gasteiger partial charge is 0.492 e.